The highest BCUT2D eigenvalue weighted by Gasteiger charge is 2.22. The standard InChI is InChI=1S/C20H20ClN5O/c1-2-26(12-14-5-3-4-7-22-14)20(27)17-9-13(10-24-17)18-15-6-8-23-19(15)25-11-16(18)21/h3-5,7,9-11,24H,2,6,8,12H2,1H3,(H,23,25). The van der Waals surface area contributed by atoms with E-state index in [1.165, 1.54) is 0 Å². The maximum Gasteiger partial charge on any atom is 0.270 e. The van der Waals surface area contributed by atoms with Crippen molar-refractivity contribution in [2.75, 3.05) is 18.4 Å². The Kier molecular flexibility index (Phi) is 4.81. The highest BCUT2D eigenvalue weighted by atomic mass is 35.5. The number of hydrogen-bond donors (Lipinski definition) is 2. The summed E-state index contributed by atoms with van der Waals surface area (Å²) in [6.07, 6.45) is 6.09. The van der Waals surface area contributed by atoms with Gasteiger partial charge < -0.3 is 15.2 Å². The van der Waals surface area contributed by atoms with Crippen LogP contribution in [0.4, 0.5) is 5.82 Å². The summed E-state index contributed by atoms with van der Waals surface area (Å²) in [7, 11) is 0. The van der Waals surface area contributed by atoms with E-state index in [0.717, 1.165) is 41.2 Å². The first-order valence-corrected chi connectivity index (χ1v) is 9.34. The van der Waals surface area contributed by atoms with Crippen LogP contribution in [0.25, 0.3) is 11.1 Å². The molecule has 0 aromatic carbocycles. The Balaban J connectivity index is 1.61. The number of aromatic amines is 1. The molecule has 4 rings (SSSR count). The normalized spacial score (nSPS) is 12.5. The molecule has 138 valence electrons. The molecule has 4 heterocycles. The molecule has 0 aliphatic carbocycles. The van der Waals surface area contributed by atoms with Gasteiger partial charge in [0, 0.05) is 48.4 Å². The minimum absolute atomic E-state index is 0.0608. The Hall–Kier alpha value is -2.86. The van der Waals surface area contributed by atoms with Gasteiger partial charge in [0.15, 0.2) is 0 Å². The smallest absolute Gasteiger partial charge is 0.270 e. The third-order valence-electron chi connectivity index (χ3n) is 4.75. The largest absolute Gasteiger partial charge is 0.369 e. The number of anilines is 1. The quantitative estimate of drug-likeness (QED) is 0.705. The number of pyridine rings is 2. The number of rotatable bonds is 5. The van der Waals surface area contributed by atoms with E-state index in [-0.39, 0.29) is 5.91 Å². The molecule has 27 heavy (non-hydrogen) atoms. The van der Waals surface area contributed by atoms with Crippen molar-refractivity contribution < 1.29 is 4.79 Å². The Bertz CT molecular complexity index is 970. The number of carbonyl (C=O) groups is 1. The molecule has 0 radical (unpaired) electrons. The topological polar surface area (TPSA) is 73.9 Å². The number of nitrogens with one attached hydrogen (secondary N) is 2. The van der Waals surface area contributed by atoms with Gasteiger partial charge in [-0.15, -0.1) is 0 Å². The van der Waals surface area contributed by atoms with E-state index < -0.39 is 0 Å². The SMILES string of the molecule is CCN(Cc1ccccn1)C(=O)c1cc(-c2c(Cl)cnc3c2CCN3)c[nH]1. The van der Waals surface area contributed by atoms with E-state index in [4.69, 9.17) is 11.6 Å². The van der Waals surface area contributed by atoms with Crippen LogP contribution in [0.2, 0.25) is 5.02 Å². The lowest BCUT2D eigenvalue weighted by Crippen LogP contribution is -2.30. The molecule has 3 aromatic heterocycles. The lowest BCUT2D eigenvalue weighted by atomic mass is 10.0. The number of fused-ring (bicyclic) bond motifs is 1. The molecule has 2 N–H and O–H groups in total. The van der Waals surface area contributed by atoms with Crippen molar-refractivity contribution in [3.05, 3.63) is 64.8 Å². The molecule has 0 fully saturated rings. The Morgan fingerprint density at radius 1 is 1.33 bits per heavy atom. The van der Waals surface area contributed by atoms with Gasteiger partial charge in [-0.05, 0) is 31.5 Å². The average Bonchev–Trinajstić information content (AvgIpc) is 3.36. The Labute approximate surface area is 162 Å². The van der Waals surface area contributed by atoms with Gasteiger partial charge >= 0.3 is 0 Å². The molecular formula is C20H20ClN5O. The van der Waals surface area contributed by atoms with Crippen LogP contribution in [-0.4, -0.2) is 38.8 Å². The lowest BCUT2D eigenvalue weighted by molar-refractivity contribution is 0.0745. The number of amides is 1. The minimum Gasteiger partial charge on any atom is -0.369 e. The highest BCUT2D eigenvalue weighted by molar-refractivity contribution is 6.33. The molecule has 0 spiro atoms. The molecule has 1 aliphatic heterocycles. The summed E-state index contributed by atoms with van der Waals surface area (Å²) in [6.45, 7) is 3.88. The first kappa shape index (κ1) is 17.5. The molecule has 1 amide bonds. The van der Waals surface area contributed by atoms with Crippen LogP contribution in [0.3, 0.4) is 0 Å². The van der Waals surface area contributed by atoms with Crippen LogP contribution in [0.1, 0.15) is 28.7 Å². The Morgan fingerprint density at radius 2 is 2.22 bits per heavy atom. The second kappa shape index (κ2) is 7.40. The second-order valence-electron chi connectivity index (χ2n) is 6.43. The van der Waals surface area contributed by atoms with E-state index in [1.807, 2.05) is 37.4 Å². The molecule has 7 heteroatoms. The number of nitrogens with zero attached hydrogens (tertiary/aromatic N) is 3. The van der Waals surface area contributed by atoms with Crippen molar-refractivity contribution in [3.8, 4) is 11.1 Å². The van der Waals surface area contributed by atoms with Crippen LogP contribution in [0.15, 0.2) is 42.9 Å². The zero-order valence-corrected chi connectivity index (χ0v) is 15.8. The average molecular weight is 382 g/mol. The highest BCUT2D eigenvalue weighted by Crippen LogP contribution is 2.37. The summed E-state index contributed by atoms with van der Waals surface area (Å²) in [4.78, 5) is 26.5. The number of H-pyrrole nitrogens is 1. The van der Waals surface area contributed by atoms with E-state index in [2.05, 4.69) is 20.3 Å². The van der Waals surface area contributed by atoms with Crippen LogP contribution in [-0.2, 0) is 13.0 Å². The third kappa shape index (κ3) is 3.40. The zero-order valence-electron chi connectivity index (χ0n) is 15.0. The van der Waals surface area contributed by atoms with Gasteiger partial charge in [-0.25, -0.2) is 4.98 Å². The maximum absolute atomic E-state index is 13.0. The number of hydrogen-bond acceptors (Lipinski definition) is 4. The van der Waals surface area contributed by atoms with Gasteiger partial charge in [0.25, 0.3) is 5.91 Å². The summed E-state index contributed by atoms with van der Waals surface area (Å²) in [5.41, 5.74) is 4.34. The zero-order chi connectivity index (χ0) is 18.8. The number of carbonyl (C=O) groups excluding carboxylic acids is 1. The first-order valence-electron chi connectivity index (χ1n) is 8.96. The summed E-state index contributed by atoms with van der Waals surface area (Å²) >= 11 is 6.42. The lowest BCUT2D eigenvalue weighted by Gasteiger charge is -2.19. The predicted molar refractivity (Wildman–Crippen MR) is 106 cm³/mol. The summed E-state index contributed by atoms with van der Waals surface area (Å²) in [6, 6.07) is 7.57. The van der Waals surface area contributed by atoms with Gasteiger partial charge in [0.2, 0.25) is 0 Å². The summed E-state index contributed by atoms with van der Waals surface area (Å²) in [5, 5.41) is 3.85. The second-order valence-corrected chi connectivity index (χ2v) is 6.83. The van der Waals surface area contributed by atoms with Crippen molar-refractivity contribution in [2.45, 2.75) is 19.9 Å². The first-order chi connectivity index (χ1) is 13.2. The van der Waals surface area contributed by atoms with Crippen molar-refractivity contribution >= 4 is 23.3 Å². The van der Waals surface area contributed by atoms with E-state index in [0.29, 0.717) is 23.8 Å². The van der Waals surface area contributed by atoms with E-state index in [9.17, 15) is 4.79 Å². The van der Waals surface area contributed by atoms with Crippen molar-refractivity contribution in [1.82, 2.24) is 19.9 Å². The molecular weight excluding hydrogens is 362 g/mol. The number of aromatic nitrogens is 3. The van der Waals surface area contributed by atoms with Crippen LogP contribution < -0.4 is 5.32 Å². The fourth-order valence-corrected chi connectivity index (χ4v) is 3.66. The fourth-order valence-electron chi connectivity index (χ4n) is 3.39. The molecule has 0 atom stereocenters. The monoisotopic (exact) mass is 381 g/mol. The van der Waals surface area contributed by atoms with Crippen LogP contribution in [0.5, 0.6) is 0 Å². The molecule has 6 nitrogen and oxygen atoms in total. The van der Waals surface area contributed by atoms with Gasteiger partial charge in [-0.1, -0.05) is 17.7 Å². The van der Waals surface area contributed by atoms with E-state index >= 15 is 0 Å². The van der Waals surface area contributed by atoms with Crippen molar-refractivity contribution in [3.63, 3.8) is 0 Å². The molecule has 0 saturated heterocycles. The summed E-state index contributed by atoms with van der Waals surface area (Å²) < 4.78 is 0. The molecule has 1 aliphatic rings. The van der Waals surface area contributed by atoms with Crippen LogP contribution >= 0.6 is 11.6 Å². The Morgan fingerprint density at radius 3 is 3.00 bits per heavy atom. The van der Waals surface area contributed by atoms with Crippen LogP contribution in [0, 0.1) is 0 Å². The van der Waals surface area contributed by atoms with Gasteiger partial charge in [0.1, 0.15) is 11.5 Å². The molecule has 0 bridgehead atoms. The maximum atomic E-state index is 13.0. The summed E-state index contributed by atoms with van der Waals surface area (Å²) in [5.74, 6) is 0.808. The number of halogens is 1. The molecule has 0 saturated carbocycles. The van der Waals surface area contributed by atoms with Crippen molar-refractivity contribution in [2.24, 2.45) is 0 Å². The molecule has 3 aromatic rings. The molecule has 0 unspecified atom stereocenters. The van der Waals surface area contributed by atoms with Gasteiger partial charge in [0.05, 0.1) is 17.3 Å². The van der Waals surface area contributed by atoms with Gasteiger partial charge in [-0.2, -0.15) is 0 Å². The predicted octanol–water partition coefficient (Wildman–Crippen LogP) is 3.76. The fraction of sp³-hybridized carbons (Fsp3) is 0.250. The third-order valence-corrected chi connectivity index (χ3v) is 5.04. The minimum atomic E-state index is -0.0608. The van der Waals surface area contributed by atoms with E-state index in [1.54, 1.807) is 17.3 Å². The van der Waals surface area contributed by atoms with Gasteiger partial charge in [-0.3, -0.25) is 9.78 Å². The van der Waals surface area contributed by atoms with Crippen molar-refractivity contribution in [1.29, 1.82) is 0 Å².